The van der Waals surface area contributed by atoms with Gasteiger partial charge in [0.2, 0.25) is 0 Å². The van der Waals surface area contributed by atoms with E-state index in [1.807, 2.05) is 18.2 Å². The number of benzene rings is 1. The van der Waals surface area contributed by atoms with Crippen molar-refractivity contribution in [1.29, 1.82) is 0 Å². The van der Waals surface area contributed by atoms with Crippen molar-refractivity contribution < 1.29 is 9.47 Å². The number of rotatable bonds is 6. The average Bonchev–Trinajstić information content (AvgIpc) is 3.36. The number of hydrogen-bond donors (Lipinski definition) is 2. The van der Waals surface area contributed by atoms with E-state index < -0.39 is 0 Å². The summed E-state index contributed by atoms with van der Waals surface area (Å²) in [7, 11) is 3.28. The van der Waals surface area contributed by atoms with Gasteiger partial charge in [-0.15, -0.1) is 0 Å². The van der Waals surface area contributed by atoms with E-state index in [2.05, 4.69) is 10.3 Å². The fourth-order valence-electron chi connectivity index (χ4n) is 2.66. The molecule has 1 unspecified atom stereocenters. The van der Waals surface area contributed by atoms with Crippen LogP contribution in [0, 0.1) is 5.92 Å². The van der Waals surface area contributed by atoms with E-state index in [1.54, 1.807) is 20.4 Å². The molecule has 1 saturated carbocycles. The number of nitrogens with two attached hydrogens (primary N) is 1. The summed E-state index contributed by atoms with van der Waals surface area (Å²) in [6, 6.07) is 6.19. The molecular formula is C16H21N3O2. The van der Waals surface area contributed by atoms with Gasteiger partial charge in [0.05, 0.1) is 14.2 Å². The zero-order valence-corrected chi connectivity index (χ0v) is 12.4. The third-order valence-electron chi connectivity index (χ3n) is 4.04. The van der Waals surface area contributed by atoms with Gasteiger partial charge < -0.3 is 20.5 Å². The Bertz CT molecular complexity index is 641. The molecular weight excluding hydrogens is 266 g/mol. The molecule has 1 aliphatic carbocycles. The molecule has 0 bridgehead atoms. The van der Waals surface area contributed by atoms with Crippen molar-refractivity contribution in [3.8, 4) is 11.5 Å². The Morgan fingerprint density at radius 1 is 1.29 bits per heavy atom. The molecule has 2 aromatic rings. The fraction of sp³-hybridized carbons (Fsp3) is 0.438. The summed E-state index contributed by atoms with van der Waals surface area (Å²) < 4.78 is 10.7. The molecule has 1 aliphatic rings. The number of hydrogen-bond acceptors (Lipinski definition) is 5. The minimum absolute atomic E-state index is 0.288. The highest BCUT2D eigenvalue weighted by atomic mass is 16.5. The molecule has 0 radical (unpaired) electrons. The molecule has 112 valence electrons. The molecule has 1 aromatic carbocycles. The maximum Gasteiger partial charge on any atom is 0.161 e. The molecule has 5 nitrogen and oxygen atoms in total. The van der Waals surface area contributed by atoms with Gasteiger partial charge in [-0.3, -0.25) is 0 Å². The Labute approximate surface area is 124 Å². The van der Waals surface area contributed by atoms with Gasteiger partial charge in [0.25, 0.3) is 0 Å². The number of ether oxygens (including phenoxy) is 2. The van der Waals surface area contributed by atoms with E-state index in [0.29, 0.717) is 18.2 Å². The van der Waals surface area contributed by atoms with Crippen LogP contribution in [0.25, 0.3) is 10.8 Å². The molecule has 0 saturated heterocycles. The van der Waals surface area contributed by atoms with Crippen LogP contribution in [0.1, 0.15) is 12.8 Å². The third-order valence-corrected chi connectivity index (χ3v) is 4.04. The topological polar surface area (TPSA) is 69.4 Å². The Morgan fingerprint density at radius 3 is 2.62 bits per heavy atom. The molecule has 0 spiro atoms. The van der Waals surface area contributed by atoms with E-state index >= 15 is 0 Å². The number of anilines is 1. The van der Waals surface area contributed by atoms with Gasteiger partial charge in [-0.2, -0.15) is 0 Å². The largest absolute Gasteiger partial charge is 0.493 e. The first kappa shape index (κ1) is 13.9. The van der Waals surface area contributed by atoms with E-state index in [4.69, 9.17) is 15.2 Å². The fourth-order valence-corrected chi connectivity index (χ4v) is 2.66. The van der Waals surface area contributed by atoms with Crippen LogP contribution < -0.4 is 20.5 Å². The molecule has 1 heterocycles. The monoisotopic (exact) mass is 287 g/mol. The highest BCUT2D eigenvalue weighted by Crippen LogP contribution is 2.37. The van der Waals surface area contributed by atoms with Crippen LogP contribution in [0.2, 0.25) is 0 Å². The molecule has 0 aliphatic heterocycles. The zero-order chi connectivity index (χ0) is 14.8. The van der Waals surface area contributed by atoms with Crippen LogP contribution >= 0.6 is 0 Å². The summed E-state index contributed by atoms with van der Waals surface area (Å²) in [5.41, 5.74) is 5.87. The first-order valence-corrected chi connectivity index (χ1v) is 7.24. The highest BCUT2D eigenvalue weighted by molar-refractivity contribution is 5.94. The summed E-state index contributed by atoms with van der Waals surface area (Å²) in [6.07, 6.45) is 4.30. The van der Waals surface area contributed by atoms with Crippen LogP contribution in [-0.4, -0.2) is 31.8 Å². The van der Waals surface area contributed by atoms with Crippen LogP contribution in [0.15, 0.2) is 24.4 Å². The summed E-state index contributed by atoms with van der Waals surface area (Å²) in [4.78, 5) is 4.47. The first-order chi connectivity index (χ1) is 10.3. The number of aromatic nitrogens is 1. The maximum atomic E-state index is 5.87. The number of pyridine rings is 1. The van der Waals surface area contributed by atoms with E-state index in [1.165, 1.54) is 12.8 Å². The lowest BCUT2D eigenvalue weighted by atomic mass is 10.1. The Morgan fingerprint density at radius 2 is 2.00 bits per heavy atom. The average molecular weight is 287 g/mol. The predicted molar refractivity (Wildman–Crippen MR) is 84.0 cm³/mol. The van der Waals surface area contributed by atoms with Gasteiger partial charge in [0, 0.05) is 24.2 Å². The van der Waals surface area contributed by atoms with Crippen LogP contribution in [0.4, 0.5) is 5.82 Å². The van der Waals surface area contributed by atoms with Crippen LogP contribution in [-0.2, 0) is 0 Å². The second-order valence-electron chi connectivity index (χ2n) is 5.41. The predicted octanol–water partition coefficient (Wildman–Crippen LogP) is 2.40. The lowest BCUT2D eigenvalue weighted by molar-refractivity contribution is 0.356. The summed E-state index contributed by atoms with van der Waals surface area (Å²) in [5, 5.41) is 5.58. The Balaban J connectivity index is 2.01. The molecule has 3 N–H and O–H groups in total. The van der Waals surface area contributed by atoms with Gasteiger partial charge in [-0.1, -0.05) is 0 Å². The van der Waals surface area contributed by atoms with Crippen molar-refractivity contribution in [2.75, 3.05) is 26.1 Å². The second-order valence-corrected chi connectivity index (χ2v) is 5.41. The minimum atomic E-state index is 0.288. The van der Waals surface area contributed by atoms with Crippen molar-refractivity contribution in [2.45, 2.75) is 18.9 Å². The van der Waals surface area contributed by atoms with Crippen molar-refractivity contribution in [1.82, 2.24) is 4.98 Å². The normalized spacial score (nSPS) is 15.8. The highest BCUT2D eigenvalue weighted by Gasteiger charge is 2.30. The van der Waals surface area contributed by atoms with E-state index in [9.17, 15) is 0 Å². The number of fused-ring (bicyclic) bond motifs is 1. The standard InChI is InChI=1S/C16H21N3O2/c1-20-14-7-11-5-6-18-16(12(11)8-15(14)21-2)19-13(9-17)10-3-4-10/h5-8,10,13H,3-4,9,17H2,1-2H3,(H,18,19). The van der Waals surface area contributed by atoms with Crippen molar-refractivity contribution >= 4 is 16.6 Å². The SMILES string of the molecule is COc1cc2ccnc(NC(CN)C3CC3)c2cc1OC. The second kappa shape index (κ2) is 5.77. The number of nitrogens with one attached hydrogen (secondary N) is 1. The maximum absolute atomic E-state index is 5.87. The first-order valence-electron chi connectivity index (χ1n) is 7.24. The van der Waals surface area contributed by atoms with Gasteiger partial charge >= 0.3 is 0 Å². The Hall–Kier alpha value is -2.01. The molecule has 0 amide bonds. The third kappa shape index (κ3) is 2.74. The summed E-state index contributed by atoms with van der Waals surface area (Å²) in [6.45, 7) is 0.621. The number of nitrogens with zero attached hydrogens (tertiary/aromatic N) is 1. The molecule has 21 heavy (non-hydrogen) atoms. The smallest absolute Gasteiger partial charge is 0.161 e. The minimum Gasteiger partial charge on any atom is -0.493 e. The van der Waals surface area contributed by atoms with E-state index in [0.717, 1.165) is 22.3 Å². The zero-order valence-electron chi connectivity index (χ0n) is 12.4. The van der Waals surface area contributed by atoms with Crippen molar-refractivity contribution in [3.63, 3.8) is 0 Å². The molecule has 1 atom stereocenters. The quantitative estimate of drug-likeness (QED) is 0.854. The number of methoxy groups -OCH3 is 2. The molecule has 1 aromatic heterocycles. The molecule has 3 rings (SSSR count). The summed E-state index contributed by atoms with van der Waals surface area (Å²) >= 11 is 0. The van der Waals surface area contributed by atoms with Crippen molar-refractivity contribution in [2.24, 2.45) is 11.7 Å². The van der Waals surface area contributed by atoms with Gasteiger partial charge in [-0.05, 0) is 42.3 Å². The van der Waals surface area contributed by atoms with Crippen LogP contribution in [0.5, 0.6) is 11.5 Å². The van der Waals surface area contributed by atoms with Gasteiger partial charge in [0.1, 0.15) is 5.82 Å². The molecule has 5 heteroatoms. The molecule has 1 fully saturated rings. The van der Waals surface area contributed by atoms with Gasteiger partial charge in [0.15, 0.2) is 11.5 Å². The summed E-state index contributed by atoms with van der Waals surface area (Å²) in [5.74, 6) is 2.96. The van der Waals surface area contributed by atoms with Gasteiger partial charge in [-0.25, -0.2) is 4.98 Å². The lowest BCUT2D eigenvalue weighted by Gasteiger charge is -2.18. The Kier molecular flexibility index (Phi) is 3.84. The van der Waals surface area contributed by atoms with Crippen molar-refractivity contribution in [3.05, 3.63) is 24.4 Å². The lowest BCUT2D eigenvalue weighted by Crippen LogP contribution is -2.31. The van der Waals surface area contributed by atoms with Crippen LogP contribution in [0.3, 0.4) is 0 Å². The van der Waals surface area contributed by atoms with E-state index in [-0.39, 0.29) is 6.04 Å².